The monoisotopic (exact) mass is 236 g/mol. The van der Waals surface area contributed by atoms with E-state index in [0.29, 0.717) is 0 Å². The molecule has 3 N–H and O–H groups in total. The van der Waals surface area contributed by atoms with Gasteiger partial charge >= 0.3 is 0 Å². The Kier molecular flexibility index (Phi) is 6.89. The summed E-state index contributed by atoms with van der Waals surface area (Å²) in [5.41, 5.74) is 5.48. The smallest absolute Gasteiger partial charge is 0.236 e. The number of rotatable bonds is 4. The quantitative estimate of drug-likeness (QED) is 0.760. The van der Waals surface area contributed by atoms with Gasteiger partial charge in [-0.05, 0) is 26.2 Å². The fraction of sp³-hybridized carbons (Fsp3) is 0.900. The molecule has 3 unspecified atom stereocenters. The highest BCUT2D eigenvalue weighted by Crippen LogP contribution is 2.17. The average molecular weight is 237 g/mol. The summed E-state index contributed by atoms with van der Waals surface area (Å²) in [6.45, 7) is 4.56. The maximum Gasteiger partial charge on any atom is 0.236 e. The van der Waals surface area contributed by atoms with Gasteiger partial charge in [0, 0.05) is 6.61 Å². The van der Waals surface area contributed by atoms with Crippen LogP contribution in [-0.4, -0.2) is 30.7 Å². The zero-order valence-electron chi connectivity index (χ0n) is 9.36. The molecule has 1 aliphatic heterocycles. The topological polar surface area (TPSA) is 64.4 Å². The molecule has 1 saturated heterocycles. The lowest BCUT2D eigenvalue weighted by Gasteiger charge is -2.23. The minimum Gasteiger partial charge on any atom is -0.376 e. The van der Waals surface area contributed by atoms with Crippen molar-refractivity contribution in [1.82, 2.24) is 5.32 Å². The maximum absolute atomic E-state index is 11.4. The zero-order valence-corrected chi connectivity index (χ0v) is 10.2. The van der Waals surface area contributed by atoms with Crippen LogP contribution in [0.15, 0.2) is 0 Å². The molecule has 0 spiro atoms. The van der Waals surface area contributed by atoms with Crippen molar-refractivity contribution in [1.29, 1.82) is 0 Å². The lowest BCUT2D eigenvalue weighted by molar-refractivity contribution is -0.123. The summed E-state index contributed by atoms with van der Waals surface area (Å²) in [4.78, 5) is 11.4. The fourth-order valence-electron chi connectivity index (χ4n) is 1.69. The summed E-state index contributed by atoms with van der Waals surface area (Å²) >= 11 is 0. The molecule has 1 aliphatic rings. The number of amides is 1. The Bertz CT molecular complexity index is 194. The van der Waals surface area contributed by atoms with Crippen LogP contribution >= 0.6 is 12.4 Å². The second kappa shape index (κ2) is 7.04. The van der Waals surface area contributed by atoms with Gasteiger partial charge in [-0.2, -0.15) is 0 Å². The summed E-state index contributed by atoms with van der Waals surface area (Å²) in [5.74, 6) is -0.0904. The van der Waals surface area contributed by atoms with E-state index in [-0.39, 0.29) is 30.5 Å². The number of halogens is 1. The third-order valence-electron chi connectivity index (χ3n) is 2.59. The maximum atomic E-state index is 11.4. The van der Waals surface area contributed by atoms with Crippen molar-refractivity contribution in [2.24, 2.45) is 5.73 Å². The van der Waals surface area contributed by atoms with Crippen LogP contribution in [0.1, 0.15) is 33.1 Å². The Hall–Kier alpha value is -0.320. The van der Waals surface area contributed by atoms with Crippen molar-refractivity contribution >= 4 is 18.3 Å². The van der Waals surface area contributed by atoms with E-state index in [1.807, 2.05) is 6.92 Å². The molecule has 0 aromatic carbocycles. The Labute approximate surface area is 97.3 Å². The summed E-state index contributed by atoms with van der Waals surface area (Å²) < 4.78 is 5.53. The van der Waals surface area contributed by atoms with Gasteiger partial charge in [0.1, 0.15) is 0 Å². The minimum atomic E-state index is -0.439. The number of hydrogen-bond acceptors (Lipinski definition) is 3. The third-order valence-corrected chi connectivity index (χ3v) is 2.59. The van der Waals surface area contributed by atoms with E-state index in [1.54, 1.807) is 6.92 Å². The Balaban J connectivity index is 0.00000196. The lowest BCUT2D eigenvalue weighted by atomic mass is 10.1. The molecule has 0 aromatic rings. The highest BCUT2D eigenvalue weighted by atomic mass is 35.5. The number of nitrogens with two attached hydrogens (primary N) is 1. The Morgan fingerprint density at radius 1 is 1.67 bits per heavy atom. The van der Waals surface area contributed by atoms with Crippen molar-refractivity contribution in [2.75, 3.05) is 6.61 Å². The van der Waals surface area contributed by atoms with Crippen LogP contribution < -0.4 is 11.1 Å². The predicted octanol–water partition coefficient (Wildman–Crippen LogP) is 0.829. The van der Waals surface area contributed by atoms with E-state index in [4.69, 9.17) is 10.5 Å². The van der Waals surface area contributed by atoms with Gasteiger partial charge < -0.3 is 15.8 Å². The first kappa shape index (κ1) is 14.7. The standard InChI is InChI=1S/C10H20N2O2.ClH/c1-3-8(9-5-4-6-14-9)12-10(13)7(2)11;/h7-9H,3-6,11H2,1-2H3,(H,12,13);1H. The predicted molar refractivity (Wildman–Crippen MR) is 62.1 cm³/mol. The molecule has 3 atom stereocenters. The second-order valence-electron chi connectivity index (χ2n) is 3.86. The SMILES string of the molecule is CCC(NC(=O)C(C)N)C1CCCO1.Cl. The van der Waals surface area contributed by atoms with Crippen LogP contribution in [-0.2, 0) is 9.53 Å². The summed E-state index contributed by atoms with van der Waals surface area (Å²) in [6, 6.07) is -0.318. The number of ether oxygens (including phenoxy) is 1. The lowest BCUT2D eigenvalue weighted by Crippen LogP contribution is -2.48. The molecule has 1 amide bonds. The molecular weight excluding hydrogens is 216 g/mol. The molecule has 0 aromatic heterocycles. The van der Waals surface area contributed by atoms with Gasteiger partial charge in [-0.15, -0.1) is 12.4 Å². The van der Waals surface area contributed by atoms with Gasteiger partial charge in [-0.25, -0.2) is 0 Å². The second-order valence-corrected chi connectivity index (χ2v) is 3.86. The van der Waals surface area contributed by atoms with E-state index in [9.17, 15) is 4.79 Å². The van der Waals surface area contributed by atoms with Gasteiger partial charge in [0.05, 0.1) is 18.2 Å². The first-order valence-corrected chi connectivity index (χ1v) is 5.32. The van der Waals surface area contributed by atoms with Crippen molar-refractivity contribution in [3.63, 3.8) is 0 Å². The zero-order chi connectivity index (χ0) is 10.6. The molecule has 1 heterocycles. The van der Waals surface area contributed by atoms with Crippen molar-refractivity contribution < 1.29 is 9.53 Å². The van der Waals surface area contributed by atoms with Crippen molar-refractivity contribution in [2.45, 2.75) is 51.3 Å². The number of hydrogen-bond donors (Lipinski definition) is 2. The van der Waals surface area contributed by atoms with Crippen LogP contribution in [0, 0.1) is 0 Å². The van der Waals surface area contributed by atoms with Gasteiger partial charge in [-0.3, -0.25) is 4.79 Å². The molecule has 0 radical (unpaired) electrons. The molecule has 0 bridgehead atoms. The van der Waals surface area contributed by atoms with Crippen LogP contribution in [0.2, 0.25) is 0 Å². The average Bonchev–Trinajstić information content (AvgIpc) is 2.66. The van der Waals surface area contributed by atoms with Crippen LogP contribution in [0.3, 0.4) is 0 Å². The van der Waals surface area contributed by atoms with E-state index in [2.05, 4.69) is 5.32 Å². The largest absolute Gasteiger partial charge is 0.376 e. The molecule has 15 heavy (non-hydrogen) atoms. The summed E-state index contributed by atoms with van der Waals surface area (Å²) in [5, 5.41) is 2.92. The molecule has 1 fully saturated rings. The molecule has 0 aliphatic carbocycles. The van der Waals surface area contributed by atoms with Crippen LogP contribution in [0.25, 0.3) is 0 Å². The third kappa shape index (κ3) is 4.36. The number of carbonyl (C=O) groups is 1. The molecule has 90 valence electrons. The molecule has 1 rings (SSSR count). The van der Waals surface area contributed by atoms with Gasteiger partial charge in [0.25, 0.3) is 0 Å². The molecule has 0 saturated carbocycles. The van der Waals surface area contributed by atoms with Crippen molar-refractivity contribution in [3.8, 4) is 0 Å². The van der Waals surface area contributed by atoms with E-state index >= 15 is 0 Å². The highest BCUT2D eigenvalue weighted by Gasteiger charge is 2.26. The normalized spacial score (nSPS) is 24.1. The molecule has 4 nitrogen and oxygen atoms in total. The summed E-state index contributed by atoms with van der Waals surface area (Å²) in [6.07, 6.45) is 3.21. The summed E-state index contributed by atoms with van der Waals surface area (Å²) in [7, 11) is 0. The van der Waals surface area contributed by atoms with Crippen LogP contribution in [0.5, 0.6) is 0 Å². The first-order valence-electron chi connectivity index (χ1n) is 5.32. The van der Waals surface area contributed by atoms with E-state index in [1.165, 1.54) is 0 Å². The minimum absolute atomic E-state index is 0. The number of nitrogens with one attached hydrogen (secondary N) is 1. The highest BCUT2D eigenvalue weighted by molar-refractivity contribution is 5.85. The molecular formula is C10H21ClN2O2. The van der Waals surface area contributed by atoms with E-state index < -0.39 is 6.04 Å². The van der Waals surface area contributed by atoms with Gasteiger partial charge in [-0.1, -0.05) is 6.92 Å². The number of carbonyl (C=O) groups excluding carboxylic acids is 1. The Morgan fingerprint density at radius 3 is 2.73 bits per heavy atom. The van der Waals surface area contributed by atoms with E-state index in [0.717, 1.165) is 25.9 Å². The van der Waals surface area contributed by atoms with Crippen molar-refractivity contribution in [3.05, 3.63) is 0 Å². The van der Waals surface area contributed by atoms with Crippen LogP contribution in [0.4, 0.5) is 0 Å². The Morgan fingerprint density at radius 2 is 2.33 bits per heavy atom. The fourth-order valence-corrected chi connectivity index (χ4v) is 1.69. The van der Waals surface area contributed by atoms with Gasteiger partial charge in [0.2, 0.25) is 5.91 Å². The van der Waals surface area contributed by atoms with Gasteiger partial charge in [0.15, 0.2) is 0 Å². The first-order chi connectivity index (χ1) is 6.65. The molecule has 5 heteroatoms.